The Hall–Kier alpha value is 0.240. The summed E-state index contributed by atoms with van der Waals surface area (Å²) >= 11 is 0. The number of hydrogen-bond donors (Lipinski definition) is 2. The molecule has 1 atom stereocenters. The molecule has 0 aromatic heterocycles. The number of rotatable bonds is 3. The Morgan fingerprint density at radius 1 is 1.67 bits per heavy atom. The van der Waals surface area contributed by atoms with Crippen molar-refractivity contribution in [2.24, 2.45) is 0 Å². The molecular weight excluding hydrogens is 141 g/mol. The summed E-state index contributed by atoms with van der Waals surface area (Å²) in [5.41, 5.74) is 0. The van der Waals surface area contributed by atoms with Gasteiger partial charge in [-0.1, -0.05) is 6.32 Å². The van der Waals surface area contributed by atoms with E-state index >= 15 is 0 Å². The SMILES string of the molecule is [B]CC([B])OP(=O)(O)O. The van der Waals surface area contributed by atoms with Crippen molar-refractivity contribution in [1.29, 1.82) is 0 Å². The molecule has 0 saturated carbocycles. The van der Waals surface area contributed by atoms with E-state index in [2.05, 4.69) is 4.52 Å². The van der Waals surface area contributed by atoms with Gasteiger partial charge in [0.15, 0.2) is 0 Å². The molecule has 0 heterocycles. The average Bonchev–Trinajstić information content (AvgIpc) is 1.62. The number of phosphoric acid groups is 1. The molecule has 0 amide bonds. The van der Waals surface area contributed by atoms with E-state index < -0.39 is 13.8 Å². The fraction of sp³-hybridized carbons (Fsp3) is 1.00. The average molecular weight is 146 g/mol. The molecule has 0 aliphatic heterocycles. The van der Waals surface area contributed by atoms with E-state index in [1.54, 1.807) is 0 Å². The molecule has 0 spiro atoms. The van der Waals surface area contributed by atoms with Crippen LogP contribution in [0, 0.1) is 0 Å². The van der Waals surface area contributed by atoms with Crippen LogP contribution in [0.2, 0.25) is 6.32 Å². The molecule has 0 rings (SSSR count). The molecule has 0 aliphatic carbocycles. The number of hydrogen-bond acceptors (Lipinski definition) is 2. The van der Waals surface area contributed by atoms with Gasteiger partial charge in [0.25, 0.3) is 0 Å². The van der Waals surface area contributed by atoms with Gasteiger partial charge < -0.3 is 9.79 Å². The largest absolute Gasteiger partial charge is 0.469 e. The van der Waals surface area contributed by atoms with Crippen LogP contribution in [0.15, 0.2) is 0 Å². The van der Waals surface area contributed by atoms with Crippen LogP contribution < -0.4 is 0 Å². The highest BCUT2D eigenvalue weighted by molar-refractivity contribution is 7.46. The smallest absolute Gasteiger partial charge is 0.303 e. The van der Waals surface area contributed by atoms with Gasteiger partial charge in [0, 0.05) is 6.00 Å². The van der Waals surface area contributed by atoms with Crippen molar-refractivity contribution in [2.75, 3.05) is 0 Å². The zero-order valence-electron chi connectivity index (χ0n) is 4.60. The summed E-state index contributed by atoms with van der Waals surface area (Å²) < 4.78 is 13.8. The summed E-state index contributed by atoms with van der Waals surface area (Å²) in [6.07, 6.45) is -0.120. The fourth-order valence-corrected chi connectivity index (χ4v) is 0.658. The molecular formula is C2H5B2O4P. The Morgan fingerprint density at radius 3 is 2.22 bits per heavy atom. The van der Waals surface area contributed by atoms with Crippen molar-refractivity contribution in [2.45, 2.75) is 12.3 Å². The summed E-state index contributed by atoms with van der Waals surface area (Å²) in [6.45, 7) is 0. The lowest BCUT2D eigenvalue weighted by Crippen LogP contribution is -2.09. The van der Waals surface area contributed by atoms with Crippen LogP contribution in [-0.4, -0.2) is 31.5 Å². The summed E-state index contributed by atoms with van der Waals surface area (Å²) in [6, 6.07) is -1.09. The second-order valence-electron chi connectivity index (χ2n) is 1.37. The zero-order chi connectivity index (χ0) is 7.49. The van der Waals surface area contributed by atoms with E-state index in [0.29, 0.717) is 0 Å². The second-order valence-corrected chi connectivity index (χ2v) is 2.56. The van der Waals surface area contributed by atoms with Crippen LogP contribution in [0.3, 0.4) is 0 Å². The molecule has 48 valence electrons. The Morgan fingerprint density at radius 2 is 2.11 bits per heavy atom. The van der Waals surface area contributed by atoms with E-state index in [1.807, 2.05) is 0 Å². The Labute approximate surface area is 55.7 Å². The molecule has 4 radical (unpaired) electrons. The number of phosphoric ester groups is 1. The maximum atomic E-state index is 9.94. The van der Waals surface area contributed by atoms with Gasteiger partial charge in [0.2, 0.25) is 0 Å². The normalized spacial score (nSPS) is 15.3. The first-order valence-electron chi connectivity index (χ1n) is 2.15. The topological polar surface area (TPSA) is 66.8 Å². The summed E-state index contributed by atoms with van der Waals surface area (Å²) in [5.74, 6) is 0. The summed E-state index contributed by atoms with van der Waals surface area (Å²) in [7, 11) is 5.36. The fourth-order valence-electron chi connectivity index (χ4n) is 0.219. The van der Waals surface area contributed by atoms with Crippen LogP contribution in [0.4, 0.5) is 0 Å². The van der Waals surface area contributed by atoms with Gasteiger partial charge >= 0.3 is 7.82 Å². The van der Waals surface area contributed by atoms with E-state index in [9.17, 15) is 4.57 Å². The third-order valence-electron chi connectivity index (χ3n) is 0.505. The third-order valence-corrected chi connectivity index (χ3v) is 1.05. The van der Waals surface area contributed by atoms with Crippen molar-refractivity contribution in [3.8, 4) is 0 Å². The maximum absolute atomic E-state index is 9.94. The van der Waals surface area contributed by atoms with E-state index in [1.165, 1.54) is 0 Å². The summed E-state index contributed by atoms with van der Waals surface area (Å²) in [4.78, 5) is 16.1. The highest BCUT2D eigenvalue weighted by atomic mass is 31.2. The van der Waals surface area contributed by atoms with Gasteiger partial charge in [0.05, 0.1) is 7.85 Å². The van der Waals surface area contributed by atoms with Crippen molar-refractivity contribution in [3.63, 3.8) is 0 Å². The van der Waals surface area contributed by atoms with Crippen molar-refractivity contribution >= 4 is 23.5 Å². The molecule has 0 bridgehead atoms. The lowest BCUT2D eigenvalue weighted by Gasteiger charge is -2.10. The monoisotopic (exact) mass is 146 g/mol. The van der Waals surface area contributed by atoms with Crippen molar-refractivity contribution < 1.29 is 18.9 Å². The minimum absolute atomic E-state index is 0.120. The highest BCUT2D eigenvalue weighted by Gasteiger charge is 2.16. The van der Waals surface area contributed by atoms with Gasteiger partial charge in [-0.25, -0.2) is 4.57 Å². The first kappa shape index (κ1) is 9.24. The van der Waals surface area contributed by atoms with Crippen LogP contribution in [0.1, 0.15) is 0 Å². The molecule has 1 unspecified atom stereocenters. The van der Waals surface area contributed by atoms with E-state index in [0.717, 1.165) is 0 Å². The molecule has 0 aromatic carbocycles. The molecule has 9 heavy (non-hydrogen) atoms. The quantitative estimate of drug-likeness (QED) is 0.402. The lowest BCUT2D eigenvalue weighted by atomic mass is 9.87. The van der Waals surface area contributed by atoms with Crippen molar-refractivity contribution in [1.82, 2.24) is 0 Å². The molecule has 0 aliphatic rings. The third kappa shape index (κ3) is 6.12. The van der Waals surface area contributed by atoms with Gasteiger partial charge in [-0.2, -0.15) is 0 Å². The standard InChI is InChI=1S/C2H5B2O4P/c3-1-2(4)8-9(5,6)7/h2H,1H2,(H2,5,6,7). The molecule has 0 fully saturated rings. The first-order chi connectivity index (χ1) is 3.95. The lowest BCUT2D eigenvalue weighted by molar-refractivity contribution is 0.187. The van der Waals surface area contributed by atoms with Gasteiger partial charge in [-0.3, -0.25) is 4.52 Å². The van der Waals surface area contributed by atoms with Gasteiger partial charge in [-0.05, 0) is 0 Å². The minimum atomic E-state index is -4.44. The molecule has 2 N–H and O–H groups in total. The zero-order valence-corrected chi connectivity index (χ0v) is 5.49. The van der Waals surface area contributed by atoms with Crippen LogP contribution in [0.5, 0.6) is 0 Å². The van der Waals surface area contributed by atoms with Crippen LogP contribution >= 0.6 is 7.82 Å². The van der Waals surface area contributed by atoms with Crippen LogP contribution in [0.25, 0.3) is 0 Å². The Bertz CT molecular complexity index is 122. The predicted molar refractivity (Wildman–Crippen MR) is 33.2 cm³/mol. The molecule has 0 aromatic rings. The van der Waals surface area contributed by atoms with Gasteiger partial charge in [-0.15, -0.1) is 0 Å². The molecule has 0 saturated heterocycles. The van der Waals surface area contributed by atoms with Gasteiger partial charge in [0.1, 0.15) is 7.85 Å². The maximum Gasteiger partial charge on any atom is 0.469 e. The van der Waals surface area contributed by atoms with E-state index in [4.69, 9.17) is 25.5 Å². The Kier molecular flexibility index (Phi) is 3.51. The Balaban J connectivity index is 3.60. The van der Waals surface area contributed by atoms with Crippen LogP contribution in [-0.2, 0) is 9.09 Å². The predicted octanol–water partition coefficient (Wildman–Crippen LogP) is -0.823. The second kappa shape index (κ2) is 3.42. The molecule has 7 heteroatoms. The summed E-state index contributed by atoms with van der Waals surface area (Å²) in [5, 5.41) is 0. The van der Waals surface area contributed by atoms with E-state index in [-0.39, 0.29) is 6.32 Å². The highest BCUT2D eigenvalue weighted by Crippen LogP contribution is 2.37. The minimum Gasteiger partial charge on any atom is -0.303 e. The first-order valence-corrected chi connectivity index (χ1v) is 3.68. The molecule has 4 nitrogen and oxygen atoms in total. The van der Waals surface area contributed by atoms with Crippen molar-refractivity contribution in [3.05, 3.63) is 0 Å².